The molecular weight excluding hydrogens is 294 g/mol. The van der Waals surface area contributed by atoms with Gasteiger partial charge in [-0.2, -0.15) is 0 Å². The lowest BCUT2D eigenvalue weighted by atomic mass is 9.98. The number of amides is 1. The van der Waals surface area contributed by atoms with E-state index in [0.29, 0.717) is 17.2 Å². The van der Waals surface area contributed by atoms with Crippen molar-refractivity contribution in [2.75, 3.05) is 0 Å². The lowest BCUT2D eigenvalue weighted by Crippen LogP contribution is -2.55. The third-order valence-corrected chi connectivity index (χ3v) is 3.66. The van der Waals surface area contributed by atoms with Crippen LogP contribution in [0.3, 0.4) is 0 Å². The van der Waals surface area contributed by atoms with Gasteiger partial charge in [-0.1, -0.05) is 37.6 Å². The Balaban J connectivity index is 2.83. The van der Waals surface area contributed by atoms with Gasteiger partial charge in [0.2, 0.25) is 0 Å². The monoisotopic (exact) mass is 313 g/mol. The summed E-state index contributed by atoms with van der Waals surface area (Å²) < 4.78 is 5.59. The summed E-state index contributed by atoms with van der Waals surface area (Å²) in [5.41, 5.74) is -1.31. The highest BCUT2D eigenvalue weighted by Crippen LogP contribution is 2.25. The second-order valence-electron chi connectivity index (χ2n) is 4.93. The Morgan fingerprint density at radius 1 is 1.38 bits per heavy atom. The molecule has 5 nitrogen and oxygen atoms in total. The summed E-state index contributed by atoms with van der Waals surface area (Å²) in [6.07, 6.45) is -0.122. The fraction of sp³-hybridized carbons (Fsp3) is 0.467. The number of aliphatic carboxylic acids is 1. The molecule has 0 fully saturated rings. The van der Waals surface area contributed by atoms with E-state index in [1.54, 1.807) is 38.1 Å². The van der Waals surface area contributed by atoms with Crippen molar-refractivity contribution in [2.24, 2.45) is 0 Å². The highest BCUT2D eigenvalue weighted by molar-refractivity contribution is 6.32. The number of halogens is 1. The number of carbonyl (C=O) groups is 2. The Labute approximate surface area is 129 Å². The van der Waals surface area contributed by atoms with E-state index in [0.717, 1.165) is 0 Å². The van der Waals surface area contributed by atoms with Crippen LogP contribution in [0.25, 0.3) is 0 Å². The average Bonchev–Trinajstić information content (AvgIpc) is 2.45. The fourth-order valence-corrected chi connectivity index (χ4v) is 1.84. The molecule has 0 aliphatic rings. The maximum Gasteiger partial charge on any atom is 0.329 e. The summed E-state index contributed by atoms with van der Waals surface area (Å²) in [6.45, 7) is 4.95. The van der Waals surface area contributed by atoms with Gasteiger partial charge in [0, 0.05) is 0 Å². The zero-order valence-electron chi connectivity index (χ0n) is 12.4. The number of benzene rings is 1. The van der Waals surface area contributed by atoms with Crippen LogP contribution in [-0.2, 0) is 9.59 Å². The van der Waals surface area contributed by atoms with Crippen molar-refractivity contribution < 1.29 is 19.4 Å². The molecule has 1 amide bonds. The molecule has 0 saturated heterocycles. The Kier molecular flexibility index (Phi) is 6.03. The maximum atomic E-state index is 12.2. The van der Waals surface area contributed by atoms with Crippen LogP contribution in [0, 0.1) is 0 Å². The molecule has 1 aromatic carbocycles. The molecule has 0 aliphatic carbocycles. The smallest absolute Gasteiger partial charge is 0.329 e. The van der Waals surface area contributed by atoms with Gasteiger partial charge in [-0.15, -0.1) is 0 Å². The number of carbonyl (C=O) groups excluding carboxylic acids is 1. The molecule has 0 heterocycles. The highest BCUT2D eigenvalue weighted by atomic mass is 35.5. The number of rotatable bonds is 7. The van der Waals surface area contributed by atoms with E-state index in [1.165, 1.54) is 6.92 Å². The molecule has 1 aromatic rings. The SMILES string of the molecule is CCC(Oc1ccccc1Cl)C(=O)NC(C)(CC)C(=O)O. The van der Waals surface area contributed by atoms with Crippen LogP contribution < -0.4 is 10.1 Å². The third kappa shape index (κ3) is 4.36. The largest absolute Gasteiger partial charge is 0.480 e. The predicted molar refractivity (Wildman–Crippen MR) is 80.6 cm³/mol. The molecular formula is C15H20ClNO4. The van der Waals surface area contributed by atoms with Gasteiger partial charge in [0.05, 0.1) is 5.02 Å². The zero-order chi connectivity index (χ0) is 16.0. The van der Waals surface area contributed by atoms with E-state index >= 15 is 0 Å². The Morgan fingerprint density at radius 3 is 2.48 bits per heavy atom. The quantitative estimate of drug-likeness (QED) is 0.811. The van der Waals surface area contributed by atoms with Crippen LogP contribution in [0.4, 0.5) is 0 Å². The molecule has 2 N–H and O–H groups in total. The minimum absolute atomic E-state index is 0.274. The molecule has 0 radical (unpaired) electrons. The first-order chi connectivity index (χ1) is 9.84. The molecule has 0 aliphatic heterocycles. The van der Waals surface area contributed by atoms with E-state index in [4.69, 9.17) is 16.3 Å². The van der Waals surface area contributed by atoms with Crippen LogP contribution in [0.5, 0.6) is 5.75 Å². The maximum absolute atomic E-state index is 12.2. The molecule has 0 aromatic heterocycles. The van der Waals surface area contributed by atoms with Gasteiger partial charge in [-0.05, 0) is 31.9 Å². The number of hydrogen-bond donors (Lipinski definition) is 2. The molecule has 116 valence electrons. The van der Waals surface area contributed by atoms with Gasteiger partial charge in [0.1, 0.15) is 11.3 Å². The van der Waals surface area contributed by atoms with Gasteiger partial charge >= 0.3 is 5.97 Å². The van der Waals surface area contributed by atoms with Crippen LogP contribution >= 0.6 is 11.6 Å². The summed E-state index contributed by atoms with van der Waals surface area (Å²) in [6, 6.07) is 6.83. The molecule has 0 spiro atoms. The summed E-state index contributed by atoms with van der Waals surface area (Å²) in [5.74, 6) is -1.15. The van der Waals surface area contributed by atoms with E-state index in [-0.39, 0.29) is 6.42 Å². The van der Waals surface area contributed by atoms with Gasteiger partial charge < -0.3 is 15.2 Å². The number of carboxylic acid groups (broad SMARTS) is 1. The van der Waals surface area contributed by atoms with Gasteiger partial charge in [-0.3, -0.25) is 4.79 Å². The van der Waals surface area contributed by atoms with Crippen molar-refractivity contribution in [3.05, 3.63) is 29.3 Å². The van der Waals surface area contributed by atoms with Crippen molar-refractivity contribution in [1.29, 1.82) is 0 Å². The molecule has 0 saturated carbocycles. The Morgan fingerprint density at radius 2 is 2.00 bits per heavy atom. The van der Waals surface area contributed by atoms with Crippen LogP contribution in [0.15, 0.2) is 24.3 Å². The number of carboxylic acids is 1. The summed E-state index contributed by atoms with van der Waals surface area (Å²) >= 11 is 5.99. The van der Waals surface area contributed by atoms with Crippen molar-refractivity contribution in [2.45, 2.75) is 45.3 Å². The number of nitrogens with one attached hydrogen (secondary N) is 1. The van der Waals surface area contributed by atoms with Crippen molar-refractivity contribution in [3.8, 4) is 5.75 Å². The summed E-state index contributed by atoms with van der Waals surface area (Å²) in [5, 5.41) is 12.1. The topological polar surface area (TPSA) is 75.6 Å². The molecule has 21 heavy (non-hydrogen) atoms. The van der Waals surface area contributed by atoms with E-state index in [1.807, 2.05) is 0 Å². The highest BCUT2D eigenvalue weighted by Gasteiger charge is 2.35. The fourth-order valence-electron chi connectivity index (χ4n) is 1.66. The first-order valence-electron chi connectivity index (χ1n) is 6.80. The third-order valence-electron chi connectivity index (χ3n) is 3.35. The van der Waals surface area contributed by atoms with Crippen molar-refractivity contribution in [3.63, 3.8) is 0 Å². The summed E-state index contributed by atoms with van der Waals surface area (Å²) in [4.78, 5) is 23.5. The Bertz CT molecular complexity index is 520. The minimum atomic E-state index is -1.31. The number of ether oxygens (including phenoxy) is 1. The molecule has 2 atom stereocenters. The van der Waals surface area contributed by atoms with Gasteiger partial charge in [0.15, 0.2) is 6.10 Å². The second-order valence-corrected chi connectivity index (χ2v) is 5.33. The first-order valence-corrected chi connectivity index (χ1v) is 7.18. The van der Waals surface area contributed by atoms with E-state index in [2.05, 4.69) is 5.32 Å². The second kappa shape index (κ2) is 7.31. The van der Waals surface area contributed by atoms with Gasteiger partial charge in [0.25, 0.3) is 5.91 Å². The number of para-hydroxylation sites is 1. The minimum Gasteiger partial charge on any atom is -0.480 e. The van der Waals surface area contributed by atoms with Crippen molar-refractivity contribution in [1.82, 2.24) is 5.32 Å². The van der Waals surface area contributed by atoms with Crippen LogP contribution in [-0.4, -0.2) is 28.6 Å². The van der Waals surface area contributed by atoms with Crippen molar-refractivity contribution >= 4 is 23.5 Å². The normalized spacial score (nSPS) is 14.9. The molecule has 6 heteroatoms. The summed E-state index contributed by atoms with van der Waals surface area (Å²) in [7, 11) is 0. The van der Waals surface area contributed by atoms with E-state index in [9.17, 15) is 14.7 Å². The van der Waals surface area contributed by atoms with Crippen LogP contribution in [0.2, 0.25) is 5.02 Å². The molecule has 0 bridgehead atoms. The Hall–Kier alpha value is -1.75. The average molecular weight is 314 g/mol. The standard InChI is InChI=1S/C15H20ClNO4/c1-4-11(21-12-9-7-6-8-10(12)16)13(18)17-15(3,5-2)14(19)20/h6-9,11H,4-5H2,1-3H3,(H,17,18)(H,19,20). The lowest BCUT2D eigenvalue weighted by molar-refractivity contribution is -0.148. The molecule has 2 unspecified atom stereocenters. The molecule has 1 rings (SSSR count). The number of hydrogen-bond acceptors (Lipinski definition) is 3. The first kappa shape index (κ1) is 17.3. The van der Waals surface area contributed by atoms with Gasteiger partial charge in [-0.25, -0.2) is 4.79 Å². The van der Waals surface area contributed by atoms with Crippen LogP contribution in [0.1, 0.15) is 33.6 Å². The van der Waals surface area contributed by atoms with E-state index < -0.39 is 23.5 Å². The lowest BCUT2D eigenvalue weighted by Gasteiger charge is -2.27. The zero-order valence-corrected chi connectivity index (χ0v) is 13.1. The predicted octanol–water partition coefficient (Wildman–Crippen LogP) is 2.87.